The lowest BCUT2D eigenvalue weighted by molar-refractivity contribution is 0.00623. The molecule has 6 nitrogen and oxygen atoms in total. The number of aromatic nitrogens is 4. The van der Waals surface area contributed by atoms with Gasteiger partial charge in [-0.15, -0.1) is 0 Å². The highest BCUT2D eigenvalue weighted by Gasteiger charge is 2.19. The summed E-state index contributed by atoms with van der Waals surface area (Å²) < 4.78 is 10.2. The average molecular weight is 301 g/mol. The van der Waals surface area contributed by atoms with Crippen LogP contribution in [0.15, 0.2) is 18.5 Å². The monoisotopic (exact) mass is 301 g/mol. The van der Waals surface area contributed by atoms with Gasteiger partial charge in [-0.2, -0.15) is 5.10 Å². The molecule has 0 radical (unpaired) electrons. The number of aryl methyl sites for hydroxylation is 1. The van der Waals surface area contributed by atoms with Crippen molar-refractivity contribution in [1.82, 2.24) is 24.6 Å². The maximum Gasteiger partial charge on any atom is 0.160 e. The lowest BCUT2D eigenvalue weighted by Crippen LogP contribution is -2.24. The van der Waals surface area contributed by atoms with Crippen molar-refractivity contribution in [3.05, 3.63) is 24.2 Å². The van der Waals surface area contributed by atoms with Crippen molar-refractivity contribution in [3.63, 3.8) is 0 Å². The van der Waals surface area contributed by atoms with Crippen molar-refractivity contribution in [2.24, 2.45) is 0 Å². The Morgan fingerprint density at radius 1 is 1.32 bits per heavy atom. The van der Waals surface area contributed by atoms with Crippen LogP contribution in [0.4, 0.5) is 0 Å². The zero-order valence-corrected chi connectivity index (χ0v) is 12.9. The minimum Gasteiger partial charge on any atom is -0.376 e. The molecule has 22 heavy (non-hydrogen) atoms. The van der Waals surface area contributed by atoms with Crippen molar-refractivity contribution in [3.8, 4) is 11.5 Å². The minimum atomic E-state index is 0.309. The summed E-state index contributed by atoms with van der Waals surface area (Å²) in [5.74, 6) is 0.953. The standard InChI is InChI=1S/C16H23N5O/c1-2-9-22-14(4-1)12-20-8-6-18-16(20)15-10-13-11-17-5-3-7-21(13)19-15/h6,8,10,14,17H,1-5,7,9,11-12H2/t14-/m1/s1. The second-order valence-electron chi connectivity index (χ2n) is 6.17. The molecular weight excluding hydrogens is 278 g/mol. The Labute approximate surface area is 130 Å². The summed E-state index contributed by atoms with van der Waals surface area (Å²) >= 11 is 0. The summed E-state index contributed by atoms with van der Waals surface area (Å²) in [7, 11) is 0. The topological polar surface area (TPSA) is 56.9 Å². The Morgan fingerprint density at radius 2 is 2.32 bits per heavy atom. The third kappa shape index (κ3) is 2.80. The summed E-state index contributed by atoms with van der Waals surface area (Å²) in [5, 5.41) is 8.19. The van der Waals surface area contributed by atoms with Gasteiger partial charge in [0.1, 0.15) is 5.69 Å². The summed E-state index contributed by atoms with van der Waals surface area (Å²) in [6, 6.07) is 2.17. The van der Waals surface area contributed by atoms with Gasteiger partial charge in [-0.1, -0.05) is 0 Å². The van der Waals surface area contributed by atoms with Gasteiger partial charge < -0.3 is 14.6 Å². The van der Waals surface area contributed by atoms with Crippen LogP contribution >= 0.6 is 0 Å². The van der Waals surface area contributed by atoms with E-state index >= 15 is 0 Å². The predicted molar refractivity (Wildman–Crippen MR) is 83.4 cm³/mol. The predicted octanol–water partition coefficient (Wildman–Crippen LogP) is 1.81. The van der Waals surface area contributed by atoms with E-state index in [2.05, 4.69) is 25.6 Å². The van der Waals surface area contributed by atoms with Crippen molar-refractivity contribution in [2.45, 2.75) is 51.4 Å². The molecule has 2 aliphatic rings. The Bertz CT molecular complexity index is 603. The number of fused-ring (bicyclic) bond motifs is 1. The molecule has 118 valence electrons. The van der Waals surface area contributed by atoms with Gasteiger partial charge in [-0.25, -0.2) is 4.98 Å². The van der Waals surface area contributed by atoms with E-state index in [9.17, 15) is 0 Å². The fourth-order valence-electron chi connectivity index (χ4n) is 3.33. The first-order valence-corrected chi connectivity index (χ1v) is 8.31. The summed E-state index contributed by atoms with van der Waals surface area (Å²) in [6.07, 6.45) is 8.92. The Morgan fingerprint density at radius 3 is 3.23 bits per heavy atom. The number of hydrogen-bond donors (Lipinski definition) is 1. The van der Waals surface area contributed by atoms with Gasteiger partial charge in [0.2, 0.25) is 0 Å². The molecule has 6 heteroatoms. The van der Waals surface area contributed by atoms with Crippen molar-refractivity contribution < 1.29 is 4.74 Å². The SMILES string of the molecule is c1cn(C[C@H]2CCCCO2)c(-c2cc3n(n2)CCCNC3)n1. The highest BCUT2D eigenvalue weighted by Crippen LogP contribution is 2.21. The molecule has 1 N–H and O–H groups in total. The fourth-order valence-corrected chi connectivity index (χ4v) is 3.33. The second kappa shape index (κ2) is 6.22. The molecule has 0 bridgehead atoms. The highest BCUT2D eigenvalue weighted by atomic mass is 16.5. The van der Waals surface area contributed by atoms with Crippen LogP contribution < -0.4 is 5.32 Å². The van der Waals surface area contributed by atoms with Crippen molar-refractivity contribution in [1.29, 1.82) is 0 Å². The van der Waals surface area contributed by atoms with Crippen LogP contribution in [0.2, 0.25) is 0 Å². The Balaban J connectivity index is 1.56. The minimum absolute atomic E-state index is 0.309. The van der Waals surface area contributed by atoms with Crippen LogP contribution in [0.3, 0.4) is 0 Å². The summed E-state index contributed by atoms with van der Waals surface area (Å²) in [5.41, 5.74) is 2.22. The molecule has 0 amide bonds. The summed E-state index contributed by atoms with van der Waals surface area (Å²) in [6.45, 7) is 4.69. The molecule has 0 saturated carbocycles. The zero-order valence-electron chi connectivity index (χ0n) is 12.9. The third-order valence-electron chi connectivity index (χ3n) is 4.51. The van der Waals surface area contributed by atoms with Gasteiger partial charge in [-0.05, 0) is 38.3 Å². The number of nitrogens with zero attached hydrogens (tertiary/aromatic N) is 4. The van der Waals surface area contributed by atoms with Gasteiger partial charge in [0, 0.05) is 32.1 Å². The smallest absolute Gasteiger partial charge is 0.160 e. The van der Waals surface area contributed by atoms with Gasteiger partial charge in [-0.3, -0.25) is 4.68 Å². The lowest BCUT2D eigenvalue weighted by Gasteiger charge is -2.23. The number of imidazole rings is 1. The van der Waals surface area contributed by atoms with E-state index in [1.807, 2.05) is 12.4 Å². The van der Waals surface area contributed by atoms with E-state index in [4.69, 9.17) is 9.84 Å². The highest BCUT2D eigenvalue weighted by molar-refractivity contribution is 5.50. The number of nitrogens with one attached hydrogen (secondary N) is 1. The molecule has 4 rings (SSSR count). The Kier molecular flexibility index (Phi) is 3.95. The van der Waals surface area contributed by atoms with E-state index in [0.29, 0.717) is 6.10 Å². The zero-order chi connectivity index (χ0) is 14.8. The average Bonchev–Trinajstić information content (AvgIpc) is 3.10. The van der Waals surface area contributed by atoms with E-state index in [-0.39, 0.29) is 0 Å². The van der Waals surface area contributed by atoms with Gasteiger partial charge >= 0.3 is 0 Å². The first-order chi connectivity index (χ1) is 10.9. The molecule has 1 fully saturated rings. The van der Waals surface area contributed by atoms with Gasteiger partial charge in [0.15, 0.2) is 5.82 Å². The van der Waals surface area contributed by atoms with Gasteiger partial charge in [0.05, 0.1) is 18.3 Å². The van der Waals surface area contributed by atoms with Crippen LogP contribution in [0.25, 0.3) is 11.5 Å². The van der Waals surface area contributed by atoms with Gasteiger partial charge in [0.25, 0.3) is 0 Å². The molecule has 2 aromatic rings. The number of rotatable bonds is 3. The van der Waals surface area contributed by atoms with Crippen LogP contribution in [-0.4, -0.2) is 38.6 Å². The molecular formula is C16H23N5O. The Hall–Kier alpha value is -1.66. The van der Waals surface area contributed by atoms with Crippen LogP contribution in [0.5, 0.6) is 0 Å². The summed E-state index contributed by atoms with van der Waals surface area (Å²) in [4.78, 5) is 4.53. The van der Waals surface area contributed by atoms with E-state index < -0.39 is 0 Å². The largest absolute Gasteiger partial charge is 0.376 e. The maximum absolute atomic E-state index is 5.86. The maximum atomic E-state index is 5.86. The first-order valence-electron chi connectivity index (χ1n) is 8.31. The lowest BCUT2D eigenvalue weighted by atomic mass is 10.1. The van der Waals surface area contributed by atoms with E-state index in [0.717, 1.165) is 57.1 Å². The van der Waals surface area contributed by atoms with Crippen LogP contribution in [0.1, 0.15) is 31.4 Å². The van der Waals surface area contributed by atoms with Crippen molar-refractivity contribution in [2.75, 3.05) is 13.2 Å². The number of ether oxygens (including phenoxy) is 1. The second-order valence-corrected chi connectivity index (χ2v) is 6.17. The molecule has 0 spiro atoms. The number of hydrogen-bond acceptors (Lipinski definition) is 4. The van der Waals surface area contributed by atoms with E-state index in [1.165, 1.54) is 18.5 Å². The molecule has 0 aromatic carbocycles. The quantitative estimate of drug-likeness (QED) is 0.939. The molecule has 0 aliphatic carbocycles. The molecule has 2 aromatic heterocycles. The third-order valence-corrected chi connectivity index (χ3v) is 4.51. The molecule has 0 unspecified atom stereocenters. The first kappa shape index (κ1) is 14.0. The van der Waals surface area contributed by atoms with Crippen molar-refractivity contribution >= 4 is 0 Å². The molecule has 2 aliphatic heterocycles. The molecule has 4 heterocycles. The van der Waals surface area contributed by atoms with Crippen LogP contribution in [-0.2, 0) is 24.4 Å². The molecule has 1 saturated heterocycles. The fraction of sp³-hybridized carbons (Fsp3) is 0.625. The normalized spacial score (nSPS) is 22.3. The van der Waals surface area contributed by atoms with E-state index in [1.54, 1.807) is 0 Å². The van der Waals surface area contributed by atoms with Crippen LogP contribution in [0, 0.1) is 0 Å². The molecule has 1 atom stereocenters.